The molecule has 0 spiro atoms. The molecule has 0 bridgehead atoms. The molecule has 0 atom stereocenters. The van der Waals surface area contributed by atoms with E-state index in [0.29, 0.717) is 23.8 Å². The summed E-state index contributed by atoms with van der Waals surface area (Å²) in [6.45, 7) is 0.491. The van der Waals surface area contributed by atoms with Crippen LogP contribution in [-0.2, 0) is 6.61 Å². The monoisotopic (exact) mass is 303 g/mol. The van der Waals surface area contributed by atoms with Crippen LogP contribution in [0.25, 0.3) is 22.6 Å². The van der Waals surface area contributed by atoms with Gasteiger partial charge in [0.25, 0.3) is 0 Å². The third-order valence-electron chi connectivity index (χ3n) is 3.40. The van der Waals surface area contributed by atoms with E-state index in [-0.39, 0.29) is 0 Å². The van der Waals surface area contributed by atoms with Gasteiger partial charge in [0.1, 0.15) is 17.9 Å². The summed E-state index contributed by atoms with van der Waals surface area (Å²) >= 11 is 0. The third kappa shape index (κ3) is 2.87. The molecule has 4 aromatic rings. The Morgan fingerprint density at radius 3 is 2.83 bits per heavy atom. The second-order valence-corrected chi connectivity index (χ2v) is 5.02. The van der Waals surface area contributed by atoms with Crippen molar-refractivity contribution in [1.82, 2.24) is 24.9 Å². The maximum Gasteiger partial charge on any atom is 0.181 e. The minimum absolute atomic E-state index is 0.491. The van der Waals surface area contributed by atoms with E-state index in [1.54, 1.807) is 24.9 Å². The summed E-state index contributed by atoms with van der Waals surface area (Å²) in [5, 5.41) is 0. The zero-order valence-corrected chi connectivity index (χ0v) is 12.2. The van der Waals surface area contributed by atoms with Crippen molar-refractivity contribution in [2.75, 3.05) is 0 Å². The number of aromatic amines is 1. The first-order valence-corrected chi connectivity index (χ1v) is 7.17. The standard InChI is InChI=1S/C17H13N5O/c1-2-4-12(5-3-1)10-23-14-6-13(7-18-8-14)16-19-9-15-17(22-16)21-11-20-15/h1-9,11H,10H2,(H,19,20,21,22). The summed E-state index contributed by atoms with van der Waals surface area (Å²) in [6.07, 6.45) is 6.70. The second kappa shape index (κ2) is 5.84. The summed E-state index contributed by atoms with van der Waals surface area (Å²) in [6, 6.07) is 11.9. The molecule has 112 valence electrons. The first kappa shape index (κ1) is 13.4. The van der Waals surface area contributed by atoms with E-state index in [1.807, 2.05) is 36.4 Å². The molecular formula is C17H13N5O. The molecule has 3 heterocycles. The van der Waals surface area contributed by atoms with E-state index in [4.69, 9.17) is 4.74 Å². The molecule has 0 amide bonds. The van der Waals surface area contributed by atoms with E-state index in [0.717, 1.165) is 16.6 Å². The van der Waals surface area contributed by atoms with Crippen LogP contribution >= 0.6 is 0 Å². The van der Waals surface area contributed by atoms with Gasteiger partial charge >= 0.3 is 0 Å². The van der Waals surface area contributed by atoms with Gasteiger partial charge in [-0.2, -0.15) is 0 Å². The van der Waals surface area contributed by atoms with Crippen LogP contribution in [0, 0.1) is 0 Å². The van der Waals surface area contributed by atoms with Crippen molar-refractivity contribution < 1.29 is 4.74 Å². The van der Waals surface area contributed by atoms with Gasteiger partial charge < -0.3 is 9.72 Å². The highest BCUT2D eigenvalue weighted by Crippen LogP contribution is 2.21. The number of imidazole rings is 1. The summed E-state index contributed by atoms with van der Waals surface area (Å²) in [5.41, 5.74) is 3.33. The van der Waals surface area contributed by atoms with Crippen LogP contribution in [0.4, 0.5) is 0 Å². The molecular weight excluding hydrogens is 290 g/mol. The van der Waals surface area contributed by atoms with Crippen molar-refractivity contribution in [3.8, 4) is 17.1 Å². The molecule has 1 N–H and O–H groups in total. The number of nitrogens with zero attached hydrogens (tertiary/aromatic N) is 4. The van der Waals surface area contributed by atoms with Gasteiger partial charge in [0.05, 0.1) is 18.7 Å². The highest BCUT2D eigenvalue weighted by molar-refractivity contribution is 5.71. The van der Waals surface area contributed by atoms with Crippen molar-refractivity contribution in [2.45, 2.75) is 6.61 Å². The molecule has 6 heteroatoms. The molecule has 0 aliphatic heterocycles. The van der Waals surface area contributed by atoms with Crippen molar-refractivity contribution in [2.24, 2.45) is 0 Å². The molecule has 0 aliphatic rings. The van der Waals surface area contributed by atoms with E-state index >= 15 is 0 Å². The maximum absolute atomic E-state index is 5.79. The number of pyridine rings is 1. The molecule has 0 unspecified atom stereocenters. The van der Waals surface area contributed by atoms with Gasteiger partial charge in [0, 0.05) is 11.8 Å². The van der Waals surface area contributed by atoms with Crippen LogP contribution in [0.1, 0.15) is 5.56 Å². The smallest absolute Gasteiger partial charge is 0.181 e. The Morgan fingerprint density at radius 2 is 1.91 bits per heavy atom. The van der Waals surface area contributed by atoms with E-state index in [9.17, 15) is 0 Å². The average molecular weight is 303 g/mol. The van der Waals surface area contributed by atoms with Gasteiger partial charge in [0.2, 0.25) is 0 Å². The van der Waals surface area contributed by atoms with Crippen molar-refractivity contribution in [1.29, 1.82) is 0 Å². The lowest BCUT2D eigenvalue weighted by molar-refractivity contribution is 0.305. The number of H-pyrrole nitrogens is 1. The van der Waals surface area contributed by atoms with Gasteiger partial charge in [-0.3, -0.25) is 4.98 Å². The zero-order chi connectivity index (χ0) is 15.5. The van der Waals surface area contributed by atoms with Gasteiger partial charge in [-0.15, -0.1) is 0 Å². The third-order valence-corrected chi connectivity index (χ3v) is 3.40. The summed E-state index contributed by atoms with van der Waals surface area (Å²) in [4.78, 5) is 20.1. The SMILES string of the molecule is c1ccc(COc2cncc(-c3ncc4[nH]cnc4n3)c2)cc1. The van der Waals surface area contributed by atoms with E-state index in [2.05, 4.69) is 24.9 Å². The number of benzene rings is 1. The normalized spacial score (nSPS) is 10.8. The van der Waals surface area contributed by atoms with Crippen LogP contribution in [0.15, 0.2) is 61.3 Å². The highest BCUT2D eigenvalue weighted by Gasteiger charge is 2.07. The molecule has 1 aromatic carbocycles. The molecule has 0 saturated heterocycles. The predicted octanol–water partition coefficient (Wildman–Crippen LogP) is 2.99. The highest BCUT2D eigenvalue weighted by atomic mass is 16.5. The van der Waals surface area contributed by atoms with Gasteiger partial charge in [0.15, 0.2) is 11.5 Å². The molecule has 0 saturated carbocycles. The molecule has 0 aliphatic carbocycles. The number of ether oxygens (including phenoxy) is 1. The first-order valence-electron chi connectivity index (χ1n) is 7.17. The number of hydrogen-bond donors (Lipinski definition) is 1. The Hall–Kier alpha value is -3.28. The van der Waals surface area contributed by atoms with Gasteiger partial charge in [-0.25, -0.2) is 15.0 Å². The molecule has 0 fully saturated rings. The Bertz CT molecular complexity index is 936. The Kier molecular flexibility index (Phi) is 3.40. The number of hydrogen-bond acceptors (Lipinski definition) is 5. The molecule has 23 heavy (non-hydrogen) atoms. The van der Waals surface area contributed by atoms with Crippen molar-refractivity contribution >= 4 is 11.2 Å². The number of aromatic nitrogens is 5. The summed E-state index contributed by atoms with van der Waals surface area (Å²) < 4.78 is 5.79. The topological polar surface area (TPSA) is 76.6 Å². The van der Waals surface area contributed by atoms with Crippen LogP contribution in [-0.4, -0.2) is 24.9 Å². The van der Waals surface area contributed by atoms with Crippen molar-refractivity contribution in [3.63, 3.8) is 0 Å². The van der Waals surface area contributed by atoms with Gasteiger partial charge in [-0.05, 0) is 11.6 Å². The molecule has 4 rings (SSSR count). The van der Waals surface area contributed by atoms with Crippen molar-refractivity contribution in [3.05, 3.63) is 66.9 Å². The first-order chi connectivity index (χ1) is 11.4. The molecule has 3 aromatic heterocycles. The Balaban J connectivity index is 1.58. The molecule has 6 nitrogen and oxygen atoms in total. The maximum atomic E-state index is 5.79. The zero-order valence-electron chi connectivity index (χ0n) is 12.2. The number of fused-ring (bicyclic) bond motifs is 1. The van der Waals surface area contributed by atoms with E-state index < -0.39 is 0 Å². The van der Waals surface area contributed by atoms with Crippen LogP contribution < -0.4 is 4.74 Å². The summed E-state index contributed by atoms with van der Waals surface area (Å²) in [7, 11) is 0. The lowest BCUT2D eigenvalue weighted by Crippen LogP contribution is -1.96. The van der Waals surface area contributed by atoms with Crippen LogP contribution in [0.5, 0.6) is 5.75 Å². The minimum atomic E-state index is 0.491. The molecule has 0 radical (unpaired) electrons. The second-order valence-electron chi connectivity index (χ2n) is 5.02. The average Bonchev–Trinajstić information content (AvgIpc) is 3.09. The quantitative estimate of drug-likeness (QED) is 0.627. The Morgan fingerprint density at radius 1 is 1.00 bits per heavy atom. The van der Waals surface area contributed by atoms with Crippen LogP contribution in [0.3, 0.4) is 0 Å². The number of nitrogens with one attached hydrogen (secondary N) is 1. The van der Waals surface area contributed by atoms with Gasteiger partial charge in [-0.1, -0.05) is 30.3 Å². The fraction of sp³-hybridized carbons (Fsp3) is 0.0588. The van der Waals surface area contributed by atoms with Crippen LogP contribution in [0.2, 0.25) is 0 Å². The van der Waals surface area contributed by atoms with E-state index in [1.165, 1.54) is 0 Å². The minimum Gasteiger partial charge on any atom is -0.487 e. The fourth-order valence-electron chi connectivity index (χ4n) is 2.24. The fourth-order valence-corrected chi connectivity index (χ4v) is 2.24. The predicted molar refractivity (Wildman–Crippen MR) is 85.7 cm³/mol. The lowest BCUT2D eigenvalue weighted by Gasteiger charge is -2.07. The summed E-state index contributed by atoms with van der Waals surface area (Å²) in [5.74, 6) is 1.25. The largest absolute Gasteiger partial charge is 0.487 e. The Labute approximate surface area is 132 Å². The lowest BCUT2D eigenvalue weighted by atomic mass is 10.2. The number of rotatable bonds is 4.